The first kappa shape index (κ1) is 20.1. The highest BCUT2D eigenvalue weighted by molar-refractivity contribution is 5.85. The van der Waals surface area contributed by atoms with Crippen LogP contribution in [0.5, 0.6) is 0 Å². The van der Waals surface area contributed by atoms with Crippen molar-refractivity contribution < 1.29 is 4.79 Å². The van der Waals surface area contributed by atoms with E-state index in [1.54, 1.807) is 0 Å². The number of anilines is 1. The first-order valence-electron chi connectivity index (χ1n) is 8.08. The first-order valence-corrected chi connectivity index (χ1v) is 8.08. The minimum absolute atomic E-state index is 0. The molecule has 1 saturated heterocycles. The van der Waals surface area contributed by atoms with Gasteiger partial charge >= 0.3 is 0 Å². The Morgan fingerprint density at radius 3 is 2.87 bits per heavy atom. The second-order valence-corrected chi connectivity index (χ2v) is 6.21. The zero-order chi connectivity index (χ0) is 14.7. The summed E-state index contributed by atoms with van der Waals surface area (Å²) in [5, 5.41) is 6.41. The second kappa shape index (κ2) is 9.36. The van der Waals surface area contributed by atoms with E-state index < -0.39 is 0 Å². The zero-order valence-corrected chi connectivity index (χ0v) is 15.2. The predicted octanol–water partition coefficient (Wildman–Crippen LogP) is 2.40. The molecule has 2 aliphatic rings. The van der Waals surface area contributed by atoms with Gasteiger partial charge in [-0.3, -0.25) is 4.79 Å². The van der Waals surface area contributed by atoms with E-state index in [9.17, 15) is 4.79 Å². The lowest BCUT2D eigenvalue weighted by Gasteiger charge is -2.26. The Balaban J connectivity index is 0.00000132. The number of para-hydroxylation sites is 1. The molecule has 0 aromatic heterocycles. The quantitative estimate of drug-likeness (QED) is 0.867. The summed E-state index contributed by atoms with van der Waals surface area (Å²) in [6.45, 7) is 5.76. The van der Waals surface area contributed by atoms with Crippen molar-refractivity contribution in [3.05, 3.63) is 29.8 Å². The maximum atomic E-state index is 12.1. The fourth-order valence-electron chi connectivity index (χ4n) is 3.49. The lowest BCUT2D eigenvalue weighted by Crippen LogP contribution is -2.43. The predicted molar refractivity (Wildman–Crippen MR) is 100 cm³/mol. The fourth-order valence-corrected chi connectivity index (χ4v) is 3.49. The van der Waals surface area contributed by atoms with Crippen molar-refractivity contribution in [3.8, 4) is 0 Å². The van der Waals surface area contributed by atoms with E-state index in [1.165, 1.54) is 11.3 Å². The van der Waals surface area contributed by atoms with Gasteiger partial charge in [-0.15, -0.1) is 24.8 Å². The van der Waals surface area contributed by atoms with Crippen LogP contribution in [0.25, 0.3) is 0 Å². The van der Waals surface area contributed by atoms with Gasteiger partial charge in [0, 0.05) is 31.4 Å². The number of hydrogen-bond acceptors (Lipinski definition) is 3. The van der Waals surface area contributed by atoms with Crippen LogP contribution in [-0.2, 0) is 11.2 Å². The number of benzene rings is 1. The molecule has 2 unspecified atom stereocenters. The van der Waals surface area contributed by atoms with Crippen LogP contribution in [-0.4, -0.2) is 38.1 Å². The Morgan fingerprint density at radius 2 is 2.13 bits per heavy atom. The van der Waals surface area contributed by atoms with Crippen molar-refractivity contribution in [2.45, 2.75) is 32.2 Å². The van der Waals surface area contributed by atoms with E-state index in [1.807, 2.05) is 0 Å². The highest BCUT2D eigenvalue weighted by atomic mass is 35.5. The fraction of sp³-hybridized carbons (Fsp3) is 0.588. The molecular formula is C17H27Cl2N3O. The van der Waals surface area contributed by atoms with Crippen molar-refractivity contribution >= 4 is 36.4 Å². The van der Waals surface area contributed by atoms with Crippen molar-refractivity contribution in [2.24, 2.45) is 5.92 Å². The van der Waals surface area contributed by atoms with Crippen LogP contribution >= 0.6 is 24.8 Å². The third-order valence-electron chi connectivity index (χ3n) is 4.67. The average Bonchev–Trinajstić information content (AvgIpc) is 2.84. The van der Waals surface area contributed by atoms with E-state index in [0.717, 1.165) is 45.4 Å². The van der Waals surface area contributed by atoms with Crippen molar-refractivity contribution in [1.29, 1.82) is 0 Å². The SMILES string of the molecule is CC1Cc2ccccc2N1CCNC(=O)C1CCCNC1.Cl.Cl. The van der Waals surface area contributed by atoms with Crippen molar-refractivity contribution in [1.82, 2.24) is 10.6 Å². The molecule has 1 fully saturated rings. The lowest BCUT2D eigenvalue weighted by molar-refractivity contribution is -0.125. The zero-order valence-electron chi connectivity index (χ0n) is 13.6. The molecule has 0 bridgehead atoms. The van der Waals surface area contributed by atoms with Crippen LogP contribution in [0.2, 0.25) is 0 Å². The van der Waals surface area contributed by atoms with Gasteiger partial charge in [0.25, 0.3) is 0 Å². The molecule has 3 rings (SSSR count). The molecule has 1 aromatic carbocycles. The third kappa shape index (κ3) is 4.75. The molecule has 2 heterocycles. The molecule has 0 aliphatic carbocycles. The van der Waals surface area contributed by atoms with Gasteiger partial charge in [-0.25, -0.2) is 0 Å². The largest absolute Gasteiger partial charge is 0.367 e. The summed E-state index contributed by atoms with van der Waals surface area (Å²) in [4.78, 5) is 14.5. The summed E-state index contributed by atoms with van der Waals surface area (Å²) >= 11 is 0. The standard InChI is InChI=1S/C17H25N3O.2ClH/c1-13-11-14-5-2-3-7-16(14)20(13)10-9-19-17(21)15-6-4-8-18-12-15;;/h2-3,5,7,13,15,18H,4,6,8-12H2,1H3,(H,19,21);2*1H. The van der Waals surface area contributed by atoms with E-state index in [-0.39, 0.29) is 36.6 Å². The normalized spacial score (nSPS) is 22.6. The molecule has 0 radical (unpaired) electrons. The summed E-state index contributed by atoms with van der Waals surface area (Å²) < 4.78 is 0. The number of rotatable bonds is 4. The number of nitrogens with one attached hydrogen (secondary N) is 2. The summed E-state index contributed by atoms with van der Waals surface area (Å²) in [6.07, 6.45) is 3.23. The van der Waals surface area contributed by atoms with E-state index >= 15 is 0 Å². The van der Waals surface area contributed by atoms with Gasteiger partial charge in [-0.1, -0.05) is 18.2 Å². The highest BCUT2D eigenvalue weighted by Crippen LogP contribution is 2.31. The van der Waals surface area contributed by atoms with Gasteiger partial charge in [0.1, 0.15) is 0 Å². The van der Waals surface area contributed by atoms with Gasteiger partial charge in [0.05, 0.1) is 5.92 Å². The summed E-state index contributed by atoms with van der Waals surface area (Å²) in [6, 6.07) is 9.11. The van der Waals surface area contributed by atoms with Crippen LogP contribution < -0.4 is 15.5 Å². The first-order chi connectivity index (χ1) is 10.3. The number of carbonyl (C=O) groups excluding carboxylic acids is 1. The monoisotopic (exact) mass is 359 g/mol. The molecule has 6 heteroatoms. The van der Waals surface area contributed by atoms with Crippen LogP contribution in [0.3, 0.4) is 0 Å². The third-order valence-corrected chi connectivity index (χ3v) is 4.67. The summed E-state index contributed by atoms with van der Waals surface area (Å²) in [5.74, 6) is 0.365. The van der Waals surface area contributed by atoms with Crippen LogP contribution in [0, 0.1) is 5.92 Å². The minimum Gasteiger partial charge on any atom is -0.367 e. The number of hydrogen-bond donors (Lipinski definition) is 2. The van der Waals surface area contributed by atoms with Crippen molar-refractivity contribution in [2.75, 3.05) is 31.1 Å². The molecule has 1 amide bonds. The molecule has 2 atom stereocenters. The number of fused-ring (bicyclic) bond motifs is 1. The molecule has 1 aromatic rings. The number of amides is 1. The molecule has 2 aliphatic heterocycles. The van der Waals surface area contributed by atoms with Crippen LogP contribution in [0.1, 0.15) is 25.3 Å². The van der Waals surface area contributed by atoms with E-state index in [2.05, 4.69) is 46.7 Å². The average molecular weight is 360 g/mol. The topological polar surface area (TPSA) is 44.4 Å². The van der Waals surface area contributed by atoms with Gasteiger partial charge in [-0.05, 0) is 44.4 Å². The van der Waals surface area contributed by atoms with E-state index in [4.69, 9.17) is 0 Å². The van der Waals surface area contributed by atoms with Crippen molar-refractivity contribution in [3.63, 3.8) is 0 Å². The van der Waals surface area contributed by atoms with Gasteiger partial charge in [0.15, 0.2) is 0 Å². The second-order valence-electron chi connectivity index (χ2n) is 6.21. The Kier molecular flexibility index (Phi) is 8.17. The molecule has 130 valence electrons. The Hall–Kier alpha value is -0.970. The molecular weight excluding hydrogens is 333 g/mol. The highest BCUT2D eigenvalue weighted by Gasteiger charge is 2.25. The summed E-state index contributed by atoms with van der Waals surface area (Å²) in [7, 11) is 0. The van der Waals surface area contributed by atoms with Gasteiger partial charge < -0.3 is 15.5 Å². The Morgan fingerprint density at radius 1 is 1.35 bits per heavy atom. The molecule has 23 heavy (non-hydrogen) atoms. The van der Waals surface area contributed by atoms with Gasteiger partial charge in [0.2, 0.25) is 5.91 Å². The summed E-state index contributed by atoms with van der Waals surface area (Å²) in [5.41, 5.74) is 2.76. The molecule has 2 N–H and O–H groups in total. The Bertz CT molecular complexity index is 506. The smallest absolute Gasteiger partial charge is 0.224 e. The van der Waals surface area contributed by atoms with E-state index in [0.29, 0.717) is 6.04 Å². The maximum absolute atomic E-state index is 12.1. The Labute approximate surface area is 151 Å². The molecule has 4 nitrogen and oxygen atoms in total. The van der Waals surface area contributed by atoms with Crippen LogP contribution in [0.15, 0.2) is 24.3 Å². The maximum Gasteiger partial charge on any atom is 0.224 e. The minimum atomic E-state index is 0. The number of piperidine rings is 1. The number of carbonyl (C=O) groups is 1. The number of nitrogens with zero attached hydrogens (tertiary/aromatic N) is 1. The number of halogens is 2. The van der Waals surface area contributed by atoms with Crippen LogP contribution in [0.4, 0.5) is 5.69 Å². The molecule has 0 saturated carbocycles. The molecule has 0 spiro atoms. The lowest BCUT2D eigenvalue weighted by atomic mass is 9.99. The van der Waals surface area contributed by atoms with Gasteiger partial charge in [-0.2, -0.15) is 0 Å².